The molecule has 0 radical (unpaired) electrons. The normalized spacial score (nSPS) is 17.5. The zero-order valence-corrected chi connectivity index (χ0v) is 16.4. The van der Waals surface area contributed by atoms with Gasteiger partial charge < -0.3 is 20.1 Å². The SMILES string of the molecule is CC1=C(C(=O)Nc2cc(C)on2)C(c2cccc(Br)c2)NC(=S)N1C. The monoisotopic (exact) mass is 420 g/mol. The lowest BCUT2D eigenvalue weighted by Gasteiger charge is -2.35. The third kappa shape index (κ3) is 3.59. The first-order valence-electron chi connectivity index (χ1n) is 7.62. The third-order valence-corrected chi connectivity index (χ3v) is 4.94. The summed E-state index contributed by atoms with van der Waals surface area (Å²) in [5.41, 5.74) is 2.30. The van der Waals surface area contributed by atoms with Crippen molar-refractivity contribution in [1.82, 2.24) is 15.4 Å². The topological polar surface area (TPSA) is 70.4 Å². The van der Waals surface area contributed by atoms with Gasteiger partial charge in [0.25, 0.3) is 5.91 Å². The standard InChI is InChI=1S/C17H17BrN4O2S/c1-9-7-13(21-24-9)19-16(23)14-10(2)22(3)17(25)20-15(14)11-5-4-6-12(18)8-11/h4-8,15H,1-3H3,(H,20,25)(H,19,21,23). The van der Waals surface area contributed by atoms with Crippen molar-refractivity contribution in [1.29, 1.82) is 0 Å². The van der Waals surface area contributed by atoms with Crippen LogP contribution in [-0.4, -0.2) is 28.1 Å². The molecule has 2 N–H and O–H groups in total. The minimum atomic E-state index is -0.353. The van der Waals surface area contributed by atoms with Crippen LogP contribution in [0.4, 0.5) is 5.82 Å². The number of hydrogen-bond acceptors (Lipinski definition) is 4. The van der Waals surface area contributed by atoms with Crippen molar-refractivity contribution < 1.29 is 9.32 Å². The van der Waals surface area contributed by atoms with E-state index >= 15 is 0 Å². The van der Waals surface area contributed by atoms with Gasteiger partial charge in [-0.05, 0) is 43.8 Å². The molecule has 1 aromatic heterocycles. The van der Waals surface area contributed by atoms with Crippen molar-refractivity contribution in [3.05, 3.63) is 57.4 Å². The Morgan fingerprint density at radius 2 is 2.16 bits per heavy atom. The summed E-state index contributed by atoms with van der Waals surface area (Å²) in [6.45, 7) is 3.65. The number of halogens is 1. The molecular weight excluding hydrogens is 404 g/mol. The lowest BCUT2D eigenvalue weighted by atomic mass is 9.94. The number of anilines is 1. The molecule has 0 aliphatic carbocycles. The predicted octanol–water partition coefficient (Wildman–Crippen LogP) is 3.52. The summed E-state index contributed by atoms with van der Waals surface area (Å²) in [4.78, 5) is 14.7. The average molecular weight is 421 g/mol. The van der Waals surface area contributed by atoms with E-state index in [9.17, 15) is 4.79 Å². The smallest absolute Gasteiger partial charge is 0.257 e. The number of thiocarbonyl (C=S) groups is 1. The zero-order valence-electron chi connectivity index (χ0n) is 14.0. The highest BCUT2D eigenvalue weighted by Crippen LogP contribution is 2.31. The van der Waals surface area contributed by atoms with Gasteiger partial charge in [-0.25, -0.2) is 0 Å². The molecule has 1 aliphatic rings. The molecule has 2 aromatic rings. The number of nitrogens with zero attached hydrogens (tertiary/aromatic N) is 2. The molecule has 1 unspecified atom stereocenters. The van der Waals surface area contributed by atoms with Crippen molar-refractivity contribution >= 4 is 45.0 Å². The molecule has 6 nitrogen and oxygen atoms in total. The summed E-state index contributed by atoms with van der Waals surface area (Å²) >= 11 is 8.87. The van der Waals surface area contributed by atoms with Crippen LogP contribution in [-0.2, 0) is 4.79 Å². The first-order valence-corrected chi connectivity index (χ1v) is 8.82. The van der Waals surface area contributed by atoms with E-state index in [0.29, 0.717) is 22.3 Å². The van der Waals surface area contributed by atoms with E-state index in [1.54, 1.807) is 17.9 Å². The Morgan fingerprint density at radius 3 is 2.80 bits per heavy atom. The highest BCUT2D eigenvalue weighted by Gasteiger charge is 2.32. The fraction of sp³-hybridized carbons (Fsp3) is 0.235. The van der Waals surface area contributed by atoms with Crippen molar-refractivity contribution in [3.8, 4) is 0 Å². The number of nitrogens with one attached hydrogen (secondary N) is 2. The summed E-state index contributed by atoms with van der Waals surface area (Å²) < 4.78 is 5.94. The quantitative estimate of drug-likeness (QED) is 0.740. The highest BCUT2D eigenvalue weighted by atomic mass is 79.9. The van der Waals surface area contributed by atoms with Crippen molar-refractivity contribution in [2.24, 2.45) is 0 Å². The van der Waals surface area contributed by atoms with Crippen molar-refractivity contribution in [2.75, 3.05) is 12.4 Å². The maximum Gasteiger partial charge on any atom is 0.257 e. The van der Waals surface area contributed by atoms with Crippen LogP contribution in [0.3, 0.4) is 0 Å². The number of amides is 1. The van der Waals surface area contributed by atoms with Crippen LogP contribution in [0.15, 0.2) is 50.6 Å². The summed E-state index contributed by atoms with van der Waals surface area (Å²) in [6, 6.07) is 9.10. The van der Waals surface area contributed by atoms with E-state index in [0.717, 1.165) is 15.7 Å². The molecule has 0 fully saturated rings. The van der Waals surface area contributed by atoms with Gasteiger partial charge in [-0.2, -0.15) is 0 Å². The fourth-order valence-corrected chi connectivity index (χ4v) is 3.35. The Balaban J connectivity index is 2.00. The minimum absolute atomic E-state index is 0.252. The van der Waals surface area contributed by atoms with E-state index < -0.39 is 0 Å². The molecule has 1 aliphatic heterocycles. The molecule has 3 rings (SSSR count). The molecule has 2 heterocycles. The Labute approximate surface area is 159 Å². The van der Waals surface area contributed by atoms with Crippen LogP contribution >= 0.6 is 28.1 Å². The van der Waals surface area contributed by atoms with Crippen LogP contribution in [0, 0.1) is 6.92 Å². The molecular formula is C17H17BrN4O2S. The number of benzene rings is 1. The van der Waals surface area contributed by atoms with Crippen LogP contribution in [0.5, 0.6) is 0 Å². The van der Waals surface area contributed by atoms with E-state index in [2.05, 4.69) is 31.7 Å². The molecule has 0 saturated heterocycles. The van der Waals surface area contributed by atoms with Gasteiger partial charge in [-0.1, -0.05) is 33.2 Å². The third-order valence-electron chi connectivity index (χ3n) is 4.05. The van der Waals surface area contributed by atoms with Crippen LogP contribution in [0.25, 0.3) is 0 Å². The second-order valence-electron chi connectivity index (χ2n) is 5.77. The number of aryl methyl sites for hydroxylation is 1. The fourth-order valence-electron chi connectivity index (χ4n) is 2.67. The van der Waals surface area contributed by atoms with Gasteiger partial charge in [-0.15, -0.1) is 0 Å². The lowest BCUT2D eigenvalue weighted by Crippen LogP contribution is -2.46. The first kappa shape index (κ1) is 17.6. The van der Waals surface area contributed by atoms with E-state index in [4.69, 9.17) is 16.7 Å². The Hall–Kier alpha value is -2.19. The average Bonchev–Trinajstić information content (AvgIpc) is 2.97. The number of hydrogen-bond donors (Lipinski definition) is 2. The summed E-state index contributed by atoms with van der Waals surface area (Å²) in [7, 11) is 1.83. The van der Waals surface area contributed by atoms with Gasteiger partial charge >= 0.3 is 0 Å². The first-order chi connectivity index (χ1) is 11.9. The second kappa shape index (κ2) is 6.97. The molecule has 1 aromatic carbocycles. The number of aromatic nitrogens is 1. The molecule has 0 spiro atoms. The Kier molecular flexibility index (Phi) is 4.91. The number of allylic oxidation sites excluding steroid dienone is 1. The lowest BCUT2D eigenvalue weighted by molar-refractivity contribution is -0.113. The number of rotatable bonds is 3. The van der Waals surface area contributed by atoms with Gasteiger partial charge in [-0.3, -0.25) is 4.79 Å². The van der Waals surface area contributed by atoms with Gasteiger partial charge in [0, 0.05) is 23.3 Å². The molecule has 130 valence electrons. The molecule has 25 heavy (non-hydrogen) atoms. The number of carbonyl (C=O) groups is 1. The molecule has 1 atom stereocenters. The maximum absolute atomic E-state index is 12.9. The summed E-state index contributed by atoms with van der Waals surface area (Å²) in [5, 5.41) is 10.4. The zero-order chi connectivity index (χ0) is 18.1. The number of carbonyl (C=O) groups excluding carboxylic acids is 1. The molecule has 0 bridgehead atoms. The Bertz CT molecular complexity index is 877. The van der Waals surface area contributed by atoms with Crippen molar-refractivity contribution in [2.45, 2.75) is 19.9 Å². The van der Waals surface area contributed by atoms with E-state index in [1.807, 2.05) is 38.2 Å². The predicted molar refractivity (Wildman–Crippen MR) is 103 cm³/mol. The van der Waals surface area contributed by atoms with Crippen LogP contribution < -0.4 is 10.6 Å². The van der Waals surface area contributed by atoms with Gasteiger partial charge in [0.15, 0.2) is 10.9 Å². The maximum atomic E-state index is 12.9. The summed E-state index contributed by atoms with van der Waals surface area (Å²) in [6.07, 6.45) is 0. The highest BCUT2D eigenvalue weighted by molar-refractivity contribution is 9.10. The largest absolute Gasteiger partial charge is 0.360 e. The van der Waals surface area contributed by atoms with E-state index in [1.165, 1.54) is 0 Å². The van der Waals surface area contributed by atoms with Crippen LogP contribution in [0.1, 0.15) is 24.3 Å². The summed E-state index contributed by atoms with van der Waals surface area (Å²) in [5.74, 6) is 0.758. The molecule has 8 heteroatoms. The van der Waals surface area contributed by atoms with Crippen molar-refractivity contribution in [3.63, 3.8) is 0 Å². The van der Waals surface area contributed by atoms with Crippen LogP contribution in [0.2, 0.25) is 0 Å². The van der Waals surface area contributed by atoms with Gasteiger partial charge in [0.1, 0.15) is 5.76 Å². The van der Waals surface area contributed by atoms with Gasteiger partial charge in [0.2, 0.25) is 0 Å². The second-order valence-corrected chi connectivity index (χ2v) is 7.07. The molecule has 1 amide bonds. The van der Waals surface area contributed by atoms with Gasteiger partial charge in [0.05, 0.1) is 11.6 Å². The Morgan fingerprint density at radius 1 is 1.40 bits per heavy atom. The van der Waals surface area contributed by atoms with E-state index in [-0.39, 0.29) is 11.9 Å². The molecule has 0 saturated carbocycles. The minimum Gasteiger partial charge on any atom is -0.360 e.